The largest absolute Gasteiger partial charge is 0.378 e. The summed E-state index contributed by atoms with van der Waals surface area (Å²) >= 11 is 0. The van der Waals surface area contributed by atoms with Gasteiger partial charge in [-0.1, -0.05) is 13.8 Å². The molecule has 1 saturated carbocycles. The molecule has 0 bridgehead atoms. The Morgan fingerprint density at radius 3 is 2.71 bits per heavy atom. The number of ether oxygens (including phenoxy) is 2. The van der Waals surface area contributed by atoms with Crippen molar-refractivity contribution >= 4 is 18.3 Å². The van der Waals surface area contributed by atoms with Gasteiger partial charge in [0.25, 0.3) is 0 Å². The van der Waals surface area contributed by atoms with Crippen molar-refractivity contribution in [2.45, 2.75) is 51.8 Å². The van der Waals surface area contributed by atoms with Crippen molar-refractivity contribution in [1.82, 2.24) is 10.2 Å². The Kier molecular flexibility index (Phi) is 6.91. The smallest absolute Gasteiger partial charge is 0.224 e. The van der Waals surface area contributed by atoms with E-state index >= 15 is 0 Å². The second kappa shape index (κ2) is 7.77. The van der Waals surface area contributed by atoms with E-state index in [1.165, 1.54) is 0 Å². The first-order chi connectivity index (χ1) is 9.46. The standard InChI is InChI=1S/C15H28N2O3.ClH/c1-5-20-13-9-12(15(13,2)3)17(4)14(18)8-11-10-19-7-6-16-11;/h11-13,16H,5-10H2,1-4H3;1H. The molecule has 1 aliphatic carbocycles. The van der Waals surface area contributed by atoms with Crippen LogP contribution in [0.3, 0.4) is 0 Å². The van der Waals surface area contributed by atoms with E-state index in [0.29, 0.717) is 13.0 Å². The summed E-state index contributed by atoms with van der Waals surface area (Å²) in [5, 5.41) is 3.33. The zero-order valence-corrected chi connectivity index (χ0v) is 14.4. The molecule has 0 aromatic heterocycles. The van der Waals surface area contributed by atoms with Crippen LogP contribution < -0.4 is 5.32 Å². The van der Waals surface area contributed by atoms with Gasteiger partial charge in [0, 0.05) is 44.1 Å². The lowest BCUT2D eigenvalue weighted by Crippen LogP contribution is -2.62. The van der Waals surface area contributed by atoms with Gasteiger partial charge in [-0.2, -0.15) is 0 Å². The van der Waals surface area contributed by atoms with Crippen molar-refractivity contribution in [3.8, 4) is 0 Å². The first-order valence-corrected chi connectivity index (χ1v) is 7.65. The number of hydrogen-bond acceptors (Lipinski definition) is 4. The van der Waals surface area contributed by atoms with Gasteiger partial charge in [0.15, 0.2) is 0 Å². The third-order valence-corrected chi connectivity index (χ3v) is 4.77. The molecule has 1 amide bonds. The molecular weight excluding hydrogens is 292 g/mol. The monoisotopic (exact) mass is 320 g/mol. The molecule has 1 N–H and O–H groups in total. The Labute approximate surface area is 134 Å². The number of carbonyl (C=O) groups is 1. The quantitative estimate of drug-likeness (QED) is 0.833. The van der Waals surface area contributed by atoms with E-state index in [1.807, 2.05) is 18.9 Å². The average molecular weight is 321 g/mol. The maximum atomic E-state index is 12.4. The Balaban J connectivity index is 0.00000220. The summed E-state index contributed by atoms with van der Waals surface area (Å²) in [4.78, 5) is 14.3. The lowest BCUT2D eigenvalue weighted by molar-refractivity contribution is -0.164. The minimum absolute atomic E-state index is 0. The average Bonchev–Trinajstić information content (AvgIpc) is 2.43. The number of amides is 1. The third kappa shape index (κ3) is 4.09. The van der Waals surface area contributed by atoms with Crippen LogP contribution in [0.15, 0.2) is 0 Å². The minimum atomic E-state index is 0. The van der Waals surface area contributed by atoms with Gasteiger partial charge < -0.3 is 19.7 Å². The van der Waals surface area contributed by atoms with Crippen LogP contribution in [-0.4, -0.2) is 62.4 Å². The maximum absolute atomic E-state index is 12.4. The number of carbonyl (C=O) groups excluding carboxylic acids is 1. The summed E-state index contributed by atoms with van der Waals surface area (Å²) in [7, 11) is 1.92. The highest BCUT2D eigenvalue weighted by molar-refractivity contribution is 5.85. The van der Waals surface area contributed by atoms with Gasteiger partial charge in [-0.3, -0.25) is 4.79 Å². The number of nitrogens with zero attached hydrogens (tertiary/aromatic N) is 1. The van der Waals surface area contributed by atoms with E-state index < -0.39 is 0 Å². The molecule has 0 radical (unpaired) electrons. The van der Waals surface area contributed by atoms with Gasteiger partial charge in [-0.25, -0.2) is 0 Å². The van der Waals surface area contributed by atoms with Crippen LogP contribution >= 0.6 is 12.4 Å². The predicted molar refractivity (Wildman–Crippen MR) is 84.8 cm³/mol. The van der Waals surface area contributed by atoms with Crippen LogP contribution in [-0.2, 0) is 14.3 Å². The van der Waals surface area contributed by atoms with Gasteiger partial charge in [0.2, 0.25) is 5.91 Å². The van der Waals surface area contributed by atoms with Gasteiger partial charge in [0.1, 0.15) is 0 Å². The summed E-state index contributed by atoms with van der Waals surface area (Å²) in [6.07, 6.45) is 1.73. The Morgan fingerprint density at radius 1 is 1.48 bits per heavy atom. The van der Waals surface area contributed by atoms with E-state index in [2.05, 4.69) is 19.2 Å². The molecule has 1 saturated heterocycles. The Morgan fingerprint density at radius 2 is 2.19 bits per heavy atom. The second-order valence-electron chi connectivity index (χ2n) is 6.45. The van der Waals surface area contributed by atoms with Crippen molar-refractivity contribution in [2.24, 2.45) is 5.41 Å². The van der Waals surface area contributed by atoms with Gasteiger partial charge in [-0.15, -0.1) is 12.4 Å². The molecule has 1 aliphatic heterocycles. The minimum Gasteiger partial charge on any atom is -0.378 e. The molecule has 1 heterocycles. The second-order valence-corrected chi connectivity index (χ2v) is 6.45. The van der Waals surface area contributed by atoms with Crippen LogP contribution in [0.1, 0.15) is 33.6 Å². The summed E-state index contributed by atoms with van der Waals surface area (Å²) < 4.78 is 11.1. The molecule has 3 atom stereocenters. The highest BCUT2D eigenvalue weighted by atomic mass is 35.5. The number of hydrogen-bond donors (Lipinski definition) is 1. The highest BCUT2D eigenvalue weighted by Crippen LogP contribution is 2.45. The fourth-order valence-electron chi connectivity index (χ4n) is 3.28. The fraction of sp³-hybridized carbons (Fsp3) is 0.933. The van der Waals surface area contributed by atoms with Crippen LogP contribution in [0.5, 0.6) is 0 Å². The topological polar surface area (TPSA) is 50.8 Å². The summed E-state index contributed by atoms with van der Waals surface area (Å²) in [6.45, 7) is 9.35. The van der Waals surface area contributed by atoms with E-state index in [-0.39, 0.29) is 41.9 Å². The highest BCUT2D eigenvalue weighted by Gasteiger charge is 2.51. The molecule has 2 fully saturated rings. The molecule has 6 heteroatoms. The zero-order chi connectivity index (χ0) is 14.8. The van der Waals surface area contributed by atoms with Crippen molar-refractivity contribution in [3.05, 3.63) is 0 Å². The van der Waals surface area contributed by atoms with Crippen LogP contribution in [0.4, 0.5) is 0 Å². The van der Waals surface area contributed by atoms with Crippen LogP contribution in [0, 0.1) is 5.41 Å². The SMILES string of the molecule is CCOC1CC(N(C)C(=O)CC2COCCN2)C1(C)C.Cl. The van der Waals surface area contributed by atoms with Crippen molar-refractivity contribution in [2.75, 3.05) is 33.4 Å². The van der Waals surface area contributed by atoms with E-state index in [0.717, 1.165) is 26.2 Å². The maximum Gasteiger partial charge on any atom is 0.224 e. The molecule has 0 aromatic rings. The zero-order valence-electron chi connectivity index (χ0n) is 13.6. The summed E-state index contributed by atoms with van der Waals surface area (Å²) in [5.41, 5.74) is 0.0386. The van der Waals surface area contributed by atoms with Crippen LogP contribution in [0.2, 0.25) is 0 Å². The van der Waals surface area contributed by atoms with Gasteiger partial charge in [0.05, 0.1) is 19.3 Å². The normalized spacial score (nSPS) is 31.0. The molecule has 0 aromatic carbocycles. The number of halogens is 1. The number of morpholine rings is 1. The van der Waals surface area contributed by atoms with E-state index in [4.69, 9.17) is 9.47 Å². The van der Waals surface area contributed by atoms with E-state index in [9.17, 15) is 4.79 Å². The molecule has 21 heavy (non-hydrogen) atoms. The van der Waals surface area contributed by atoms with Crippen molar-refractivity contribution in [3.63, 3.8) is 0 Å². The Hall–Kier alpha value is -0.360. The van der Waals surface area contributed by atoms with Crippen molar-refractivity contribution in [1.29, 1.82) is 0 Å². The lowest BCUT2D eigenvalue weighted by atomic mass is 9.63. The molecular formula is C15H29ClN2O3. The molecule has 2 aliphatic rings. The van der Waals surface area contributed by atoms with Gasteiger partial charge in [-0.05, 0) is 13.3 Å². The Bertz CT molecular complexity index is 346. The fourth-order valence-corrected chi connectivity index (χ4v) is 3.28. The molecule has 124 valence electrons. The summed E-state index contributed by atoms with van der Waals surface area (Å²) in [6, 6.07) is 0.431. The predicted octanol–water partition coefficient (Wildman–Crippen LogP) is 1.45. The summed E-state index contributed by atoms with van der Waals surface area (Å²) in [5.74, 6) is 0.195. The third-order valence-electron chi connectivity index (χ3n) is 4.77. The van der Waals surface area contributed by atoms with Crippen molar-refractivity contribution < 1.29 is 14.3 Å². The first-order valence-electron chi connectivity index (χ1n) is 7.65. The first kappa shape index (κ1) is 18.7. The van der Waals surface area contributed by atoms with Crippen LogP contribution in [0.25, 0.3) is 0 Å². The lowest BCUT2D eigenvalue weighted by Gasteiger charge is -2.55. The molecule has 2 rings (SSSR count). The molecule has 5 nitrogen and oxygen atoms in total. The molecule has 3 unspecified atom stereocenters. The van der Waals surface area contributed by atoms with Gasteiger partial charge >= 0.3 is 0 Å². The van der Waals surface area contributed by atoms with E-state index in [1.54, 1.807) is 0 Å². The molecule has 0 spiro atoms. The number of nitrogens with one attached hydrogen (secondary N) is 1. The number of rotatable bonds is 5.